The number of hydrogen-bond acceptors (Lipinski definition) is 3. The second-order valence-electron chi connectivity index (χ2n) is 4.06. The molecular formula is C14H13ClFN3O. The molecule has 0 unspecified atom stereocenters. The Balaban J connectivity index is 2.23. The molecule has 0 aliphatic heterocycles. The third-order valence-corrected chi connectivity index (χ3v) is 2.77. The summed E-state index contributed by atoms with van der Waals surface area (Å²) < 4.78 is 13.2. The first-order valence-corrected chi connectivity index (χ1v) is 6.43. The molecule has 1 heterocycles. The van der Waals surface area contributed by atoms with Crippen molar-refractivity contribution in [1.82, 2.24) is 4.98 Å². The molecule has 4 nitrogen and oxygen atoms in total. The van der Waals surface area contributed by atoms with Crippen molar-refractivity contribution in [2.45, 2.75) is 6.92 Å². The minimum atomic E-state index is -0.508. The summed E-state index contributed by atoms with van der Waals surface area (Å²) in [7, 11) is 0. The molecule has 0 fully saturated rings. The summed E-state index contributed by atoms with van der Waals surface area (Å²) in [5.74, 6) is -0.887. The van der Waals surface area contributed by atoms with Crippen molar-refractivity contribution >= 4 is 28.9 Å². The zero-order valence-electron chi connectivity index (χ0n) is 10.8. The van der Waals surface area contributed by atoms with Crippen LogP contribution in [0.25, 0.3) is 0 Å². The van der Waals surface area contributed by atoms with Gasteiger partial charge in [-0.1, -0.05) is 11.6 Å². The Morgan fingerprint density at radius 1 is 1.40 bits per heavy atom. The summed E-state index contributed by atoms with van der Waals surface area (Å²) in [5, 5.41) is 5.88. The highest BCUT2D eigenvalue weighted by Gasteiger charge is 2.12. The van der Waals surface area contributed by atoms with Crippen molar-refractivity contribution in [2.75, 3.05) is 17.2 Å². The number of pyridine rings is 1. The van der Waals surface area contributed by atoms with Crippen molar-refractivity contribution in [3.8, 4) is 0 Å². The van der Waals surface area contributed by atoms with Gasteiger partial charge in [0.2, 0.25) is 0 Å². The summed E-state index contributed by atoms with van der Waals surface area (Å²) in [6.45, 7) is 2.60. The van der Waals surface area contributed by atoms with Crippen LogP contribution in [0.4, 0.5) is 15.8 Å². The molecular weight excluding hydrogens is 281 g/mol. The fourth-order valence-electron chi connectivity index (χ4n) is 1.74. The quantitative estimate of drug-likeness (QED) is 0.906. The summed E-state index contributed by atoms with van der Waals surface area (Å²) in [6, 6.07) is 5.56. The summed E-state index contributed by atoms with van der Waals surface area (Å²) in [4.78, 5) is 16.1. The van der Waals surface area contributed by atoms with Crippen LogP contribution in [-0.2, 0) is 0 Å². The number of nitrogens with zero attached hydrogens (tertiary/aromatic N) is 1. The fraction of sp³-hybridized carbons (Fsp3) is 0.143. The molecule has 0 bridgehead atoms. The van der Waals surface area contributed by atoms with E-state index in [0.29, 0.717) is 23.5 Å². The standard InChI is InChI=1S/C14H13ClFN3O/c1-2-18-13-3-4-17-8-12(13)14(20)19-11-6-9(15)5-10(16)7-11/h3-8H,2H2,1H3,(H,17,18)(H,19,20). The van der Waals surface area contributed by atoms with Gasteiger partial charge < -0.3 is 10.6 Å². The highest BCUT2D eigenvalue weighted by molar-refractivity contribution is 6.31. The second-order valence-corrected chi connectivity index (χ2v) is 4.50. The molecule has 1 amide bonds. The zero-order chi connectivity index (χ0) is 14.5. The Bertz CT molecular complexity index is 613. The number of anilines is 2. The molecule has 0 radical (unpaired) electrons. The van der Waals surface area contributed by atoms with Crippen molar-refractivity contribution in [1.29, 1.82) is 0 Å². The lowest BCUT2D eigenvalue weighted by molar-refractivity contribution is 0.102. The topological polar surface area (TPSA) is 54.0 Å². The molecule has 104 valence electrons. The Morgan fingerprint density at radius 2 is 2.20 bits per heavy atom. The minimum Gasteiger partial charge on any atom is -0.385 e. The minimum absolute atomic E-state index is 0.221. The number of rotatable bonds is 4. The van der Waals surface area contributed by atoms with Crippen LogP contribution < -0.4 is 10.6 Å². The number of halogens is 2. The molecule has 0 saturated heterocycles. The number of aromatic nitrogens is 1. The van der Waals surface area contributed by atoms with E-state index in [-0.39, 0.29) is 10.9 Å². The van der Waals surface area contributed by atoms with Crippen LogP contribution >= 0.6 is 11.6 Å². The molecule has 1 aromatic carbocycles. The van der Waals surface area contributed by atoms with Gasteiger partial charge in [-0.25, -0.2) is 4.39 Å². The van der Waals surface area contributed by atoms with Crippen LogP contribution in [-0.4, -0.2) is 17.4 Å². The summed E-state index contributed by atoms with van der Waals surface area (Å²) >= 11 is 5.74. The van der Waals surface area contributed by atoms with Crippen molar-refractivity contribution in [3.05, 3.63) is 53.1 Å². The lowest BCUT2D eigenvalue weighted by Crippen LogP contribution is -2.15. The molecule has 0 saturated carbocycles. The third-order valence-electron chi connectivity index (χ3n) is 2.55. The van der Waals surface area contributed by atoms with Crippen LogP contribution in [0.1, 0.15) is 17.3 Å². The van der Waals surface area contributed by atoms with Crippen molar-refractivity contribution in [2.24, 2.45) is 0 Å². The van der Waals surface area contributed by atoms with Gasteiger partial charge in [0.05, 0.1) is 11.3 Å². The van der Waals surface area contributed by atoms with Crippen LogP contribution in [0.15, 0.2) is 36.7 Å². The molecule has 2 rings (SSSR count). The Kier molecular flexibility index (Phi) is 4.53. The molecule has 0 spiro atoms. The summed E-state index contributed by atoms with van der Waals surface area (Å²) in [5.41, 5.74) is 1.35. The Labute approximate surface area is 121 Å². The highest BCUT2D eigenvalue weighted by atomic mass is 35.5. The molecule has 6 heteroatoms. The summed E-state index contributed by atoms with van der Waals surface area (Å²) in [6.07, 6.45) is 3.04. The molecule has 20 heavy (non-hydrogen) atoms. The van der Waals surface area contributed by atoms with Crippen molar-refractivity contribution in [3.63, 3.8) is 0 Å². The maximum atomic E-state index is 13.2. The van der Waals surface area contributed by atoms with Gasteiger partial charge in [0.25, 0.3) is 5.91 Å². The molecule has 2 N–H and O–H groups in total. The number of amides is 1. The molecule has 0 aliphatic rings. The van der Waals surface area contributed by atoms with Gasteiger partial charge in [-0.15, -0.1) is 0 Å². The van der Waals surface area contributed by atoms with Crippen LogP contribution in [0.3, 0.4) is 0 Å². The van der Waals surface area contributed by atoms with Crippen molar-refractivity contribution < 1.29 is 9.18 Å². The number of carbonyl (C=O) groups excluding carboxylic acids is 1. The zero-order valence-corrected chi connectivity index (χ0v) is 11.5. The molecule has 2 aromatic rings. The maximum Gasteiger partial charge on any atom is 0.259 e. The molecule has 0 aliphatic carbocycles. The average molecular weight is 294 g/mol. The van der Waals surface area contributed by atoms with Crippen LogP contribution in [0.5, 0.6) is 0 Å². The number of benzene rings is 1. The van der Waals surface area contributed by atoms with E-state index in [9.17, 15) is 9.18 Å². The van der Waals surface area contributed by atoms with Gasteiger partial charge >= 0.3 is 0 Å². The first-order chi connectivity index (χ1) is 9.60. The van der Waals surface area contributed by atoms with Gasteiger partial charge in [0.15, 0.2) is 0 Å². The second kappa shape index (κ2) is 6.34. The predicted octanol–water partition coefficient (Wildman–Crippen LogP) is 3.56. The normalized spacial score (nSPS) is 10.2. The fourth-order valence-corrected chi connectivity index (χ4v) is 1.97. The largest absolute Gasteiger partial charge is 0.385 e. The van der Waals surface area contributed by atoms with Gasteiger partial charge in [0, 0.05) is 29.6 Å². The first kappa shape index (κ1) is 14.3. The van der Waals surface area contributed by atoms with Gasteiger partial charge in [-0.05, 0) is 31.2 Å². The molecule has 0 atom stereocenters. The first-order valence-electron chi connectivity index (χ1n) is 6.05. The Hall–Kier alpha value is -2.14. The Morgan fingerprint density at radius 3 is 2.90 bits per heavy atom. The molecule has 1 aromatic heterocycles. The lowest BCUT2D eigenvalue weighted by Gasteiger charge is -2.10. The average Bonchev–Trinajstić information content (AvgIpc) is 2.38. The van der Waals surface area contributed by atoms with Gasteiger partial charge in [-0.2, -0.15) is 0 Å². The smallest absolute Gasteiger partial charge is 0.259 e. The van der Waals surface area contributed by atoms with E-state index in [0.717, 1.165) is 0 Å². The number of nitrogens with one attached hydrogen (secondary N) is 2. The van der Waals surface area contributed by atoms with E-state index in [4.69, 9.17) is 11.6 Å². The van der Waals surface area contributed by atoms with E-state index in [2.05, 4.69) is 15.6 Å². The number of carbonyl (C=O) groups is 1. The van der Waals surface area contributed by atoms with Crippen LogP contribution in [0.2, 0.25) is 5.02 Å². The maximum absolute atomic E-state index is 13.2. The van der Waals surface area contributed by atoms with E-state index in [1.165, 1.54) is 24.4 Å². The van der Waals surface area contributed by atoms with Crippen LogP contribution in [0, 0.1) is 5.82 Å². The van der Waals surface area contributed by atoms with E-state index in [1.807, 2.05) is 6.92 Å². The number of hydrogen-bond donors (Lipinski definition) is 2. The highest BCUT2D eigenvalue weighted by Crippen LogP contribution is 2.20. The SMILES string of the molecule is CCNc1ccncc1C(=O)Nc1cc(F)cc(Cl)c1. The van der Waals surface area contributed by atoms with Gasteiger partial charge in [-0.3, -0.25) is 9.78 Å². The van der Waals surface area contributed by atoms with E-state index < -0.39 is 5.82 Å². The predicted molar refractivity (Wildman–Crippen MR) is 77.8 cm³/mol. The third kappa shape index (κ3) is 3.45. The van der Waals surface area contributed by atoms with Gasteiger partial charge in [0.1, 0.15) is 5.82 Å². The lowest BCUT2D eigenvalue weighted by atomic mass is 10.2. The van der Waals surface area contributed by atoms with E-state index in [1.54, 1.807) is 12.3 Å². The van der Waals surface area contributed by atoms with E-state index >= 15 is 0 Å². The monoisotopic (exact) mass is 293 g/mol.